The molecule has 0 aliphatic carbocycles. The standard InChI is InChI=1S/C15H20N4/c1-11-7-15(18(2)17-11)10-19-6-5-12-3-4-14(16)8-13(12)9-19/h3-4,7-8H,5-6,9-10,16H2,1-2H3. The van der Waals surface area contributed by atoms with E-state index in [1.54, 1.807) is 0 Å². The maximum atomic E-state index is 5.87. The molecule has 4 heteroatoms. The molecule has 0 amide bonds. The molecule has 1 aromatic carbocycles. The fourth-order valence-corrected chi connectivity index (χ4v) is 2.81. The van der Waals surface area contributed by atoms with Gasteiger partial charge in [0, 0.05) is 32.4 Å². The van der Waals surface area contributed by atoms with Gasteiger partial charge in [0.15, 0.2) is 0 Å². The predicted octanol–water partition coefficient (Wildman–Crippen LogP) is 1.87. The molecule has 0 spiro atoms. The Labute approximate surface area is 113 Å². The number of benzene rings is 1. The zero-order chi connectivity index (χ0) is 13.4. The quantitative estimate of drug-likeness (QED) is 0.834. The average molecular weight is 256 g/mol. The van der Waals surface area contributed by atoms with E-state index in [4.69, 9.17) is 5.73 Å². The van der Waals surface area contributed by atoms with E-state index in [1.807, 2.05) is 24.7 Å². The Bertz CT molecular complexity index is 600. The van der Waals surface area contributed by atoms with Gasteiger partial charge < -0.3 is 5.73 Å². The summed E-state index contributed by atoms with van der Waals surface area (Å²) in [6.45, 7) is 5.06. The zero-order valence-electron chi connectivity index (χ0n) is 11.6. The van der Waals surface area contributed by atoms with Crippen molar-refractivity contribution in [3.63, 3.8) is 0 Å². The topological polar surface area (TPSA) is 47.1 Å². The van der Waals surface area contributed by atoms with E-state index in [9.17, 15) is 0 Å². The highest BCUT2D eigenvalue weighted by Crippen LogP contribution is 2.22. The fraction of sp³-hybridized carbons (Fsp3) is 0.400. The molecule has 0 saturated carbocycles. The Hall–Kier alpha value is -1.81. The average Bonchev–Trinajstić information content (AvgIpc) is 2.67. The van der Waals surface area contributed by atoms with Crippen LogP contribution >= 0.6 is 0 Å². The minimum absolute atomic E-state index is 0.858. The highest BCUT2D eigenvalue weighted by atomic mass is 15.3. The van der Waals surface area contributed by atoms with E-state index in [0.717, 1.165) is 37.4 Å². The summed E-state index contributed by atoms with van der Waals surface area (Å²) in [5.74, 6) is 0. The number of fused-ring (bicyclic) bond motifs is 1. The summed E-state index contributed by atoms with van der Waals surface area (Å²) >= 11 is 0. The van der Waals surface area contributed by atoms with Crippen molar-refractivity contribution < 1.29 is 0 Å². The Morgan fingerprint density at radius 1 is 1.26 bits per heavy atom. The highest BCUT2D eigenvalue weighted by Gasteiger charge is 2.17. The third kappa shape index (κ3) is 2.49. The molecule has 0 unspecified atom stereocenters. The molecule has 0 fully saturated rings. The van der Waals surface area contributed by atoms with Crippen LogP contribution in [0.2, 0.25) is 0 Å². The second kappa shape index (κ2) is 4.70. The van der Waals surface area contributed by atoms with Crippen molar-refractivity contribution in [2.45, 2.75) is 26.4 Å². The largest absolute Gasteiger partial charge is 0.399 e. The van der Waals surface area contributed by atoms with Gasteiger partial charge in [-0.15, -0.1) is 0 Å². The van der Waals surface area contributed by atoms with Crippen molar-refractivity contribution in [3.05, 3.63) is 46.8 Å². The molecular formula is C15H20N4. The first-order valence-electron chi connectivity index (χ1n) is 6.71. The lowest BCUT2D eigenvalue weighted by molar-refractivity contribution is 0.239. The SMILES string of the molecule is Cc1cc(CN2CCc3ccc(N)cc3C2)n(C)n1. The molecule has 0 radical (unpaired) electrons. The van der Waals surface area contributed by atoms with Gasteiger partial charge in [-0.25, -0.2) is 0 Å². The van der Waals surface area contributed by atoms with Crippen LogP contribution in [-0.2, 0) is 26.6 Å². The molecule has 0 atom stereocenters. The van der Waals surface area contributed by atoms with E-state index < -0.39 is 0 Å². The molecule has 2 aromatic rings. The van der Waals surface area contributed by atoms with Crippen LogP contribution in [-0.4, -0.2) is 21.2 Å². The first-order chi connectivity index (χ1) is 9.11. The van der Waals surface area contributed by atoms with Gasteiger partial charge in [-0.1, -0.05) is 6.07 Å². The summed E-state index contributed by atoms with van der Waals surface area (Å²) in [6, 6.07) is 8.43. The normalized spacial score (nSPS) is 15.5. The Morgan fingerprint density at radius 2 is 2.11 bits per heavy atom. The van der Waals surface area contributed by atoms with Crippen LogP contribution in [0.25, 0.3) is 0 Å². The van der Waals surface area contributed by atoms with Gasteiger partial charge in [-0.05, 0) is 42.7 Å². The highest BCUT2D eigenvalue weighted by molar-refractivity contribution is 5.45. The molecule has 3 rings (SSSR count). The molecule has 4 nitrogen and oxygen atoms in total. The molecule has 1 aliphatic rings. The smallest absolute Gasteiger partial charge is 0.0597 e. The van der Waals surface area contributed by atoms with Gasteiger partial charge in [0.05, 0.1) is 11.4 Å². The van der Waals surface area contributed by atoms with E-state index in [0.29, 0.717) is 0 Å². The molecule has 0 bridgehead atoms. The number of hydrogen-bond acceptors (Lipinski definition) is 3. The number of hydrogen-bond donors (Lipinski definition) is 1. The number of nitrogens with zero attached hydrogens (tertiary/aromatic N) is 3. The van der Waals surface area contributed by atoms with Crippen molar-refractivity contribution >= 4 is 5.69 Å². The summed E-state index contributed by atoms with van der Waals surface area (Å²) in [5.41, 5.74) is 11.9. The van der Waals surface area contributed by atoms with Gasteiger partial charge >= 0.3 is 0 Å². The lowest BCUT2D eigenvalue weighted by Gasteiger charge is -2.28. The summed E-state index contributed by atoms with van der Waals surface area (Å²) in [5, 5.41) is 4.40. The second-order valence-electron chi connectivity index (χ2n) is 5.39. The van der Waals surface area contributed by atoms with Crippen molar-refractivity contribution in [1.82, 2.24) is 14.7 Å². The van der Waals surface area contributed by atoms with Crippen molar-refractivity contribution in [2.75, 3.05) is 12.3 Å². The summed E-state index contributed by atoms with van der Waals surface area (Å²) in [4.78, 5) is 2.46. The van der Waals surface area contributed by atoms with E-state index >= 15 is 0 Å². The maximum Gasteiger partial charge on any atom is 0.0597 e. The minimum Gasteiger partial charge on any atom is -0.399 e. The molecular weight excluding hydrogens is 236 g/mol. The molecule has 1 aromatic heterocycles. The van der Waals surface area contributed by atoms with Crippen molar-refractivity contribution in [1.29, 1.82) is 0 Å². The molecule has 2 heterocycles. The predicted molar refractivity (Wildman–Crippen MR) is 76.6 cm³/mol. The molecule has 19 heavy (non-hydrogen) atoms. The number of aryl methyl sites for hydroxylation is 2. The first kappa shape index (κ1) is 12.2. The van der Waals surface area contributed by atoms with E-state index in [1.165, 1.54) is 16.8 Å². The van der Waals surface area contributed by atoms with Gasteiger partial charge in [0.25, 0.3) is 0 Å². The number of nitrogen functional groups attached to an aromatic ring is 1. The fourth-order valence-electron chi connectivity index (χ4n) is 2.81. The molecule has 2 N–H and O–H groups in total. The van der Waals surface area contributed by atoms with Crippen LogP contribution in [0.1, 0.15) is 22.5 Å². The Kier molecular flexibility index (Phi) is 3.03. The third-order valence-corrected chi connectivity index (χ3v) is 3.81. The molecule has 1 aliphatic heterocycles. The van der Waals surface area contributed by atoms with Gasteiger partial charge in [-0.2, -0.15) is 5.10 Å². The van der Waals surface area contributed by atoms with Crippen molar-refractivity contribution in [2.24, 2.45) is 7.05 Å². The maximum absolute atomic E-state index is 5.87. The molecule has 100 valence electrons. The van der Waals surface area contributed by atoms with Crippen molar-refractivity contribution in [3.8, 4) is 0 Å². The Morgan fingerprint density at radius 3 is 2.84 bits per heavy atom. The number of anilines is 1. The first-order valence-corrected chi connectivity index (χ1v) is 6.71. The number of rotatable bonds is 2. The van der Waals surface area contributed by atoms with Gasteiger partial charge in [-0.3, -0.25) is 9.58 Å². The molecule has 0 saturated heterocycles. The van der Waals surface area contributed by atoms with Crippen LogP contribution < -0.4 is 5.73 Å². The van der Waals surface area contributed by atoms with Gasteiger partial charge in [0.1, 0.15) is 0 Å². The van der Waals surface area contributed by atoms with E-state index in [-0.39, 0.29) is 0 Å². The zero-order valence-corrected chi connectivity index (χ0v) is 11.6. The lowest BCUT2D eigenvalue weighted by Crippen LogP contribution is -2.30. The van der Waals surface area contributed by atoms with E-state index in [2.05, 4.69) is 28.2 Å². The lowest BCUT2D eigenvalue weighted by atomic mass is 9.99. The number of nitrogens with two attached hydrogens (primary N) is 1. The Balaban J connectivity index is 1.77. The second-order valence-corrected chi connectivity index (χ2v) is 5.39. The van der Waals surface area contributed by atoms with Crippen LogP contribution in [0.3, 0.4) is 0 Å². The van der Waals surface area contributed by atoms with Crippen LogP contribution in [0.4, 0.5) is 5.69 Å². The van der Waals surface area contributed by atoms with Crippen LogP contribution in [0.5, 0.6) is 0 Å². The summed E-state index contributed by atoms with van der Waals surface area (Å²) in [7, 11) is 2.01. The van der Waals surface area contributed by atoms with Gasteiger partial charge in [0.2, 0.25) is 0 Å². The third-order valence-electron chi connectivity index (χ3n) is 3.81. The van der Waals surface area contributed by atoms with Crippen LogP contribution in [0, 0.1) is 6.92 Å². The monoisotopic (exact) mass is 256 g/mol. The summed E-state index contributed by atoms with van der Waals surface area (Å²) < 4.78 is 1.98. The number of aromatic nitrogens is 2. The summed E-state index contributed by atoms with van der Waals surface area (Å²) in [6.07, 6.45) is 1.10. The van der Waals surface area contributed by atoms with Crippen LogP contribution in [0.15, 0.2) is 24.3 Å². The minimum atomic E-state index is 0.858.